The standard InChI is InChI=1S/C16H23F2NO/c1-9-6-13(18)11(7-12(9)17)10(2)19-14-8-15(20-5)16(14,3)4/h6-7,10,14-15,19H,8H2,1-5H3. The summed E-state index contributed by atoms with van der Waals surface area (Å²) in [4.78, 5) is 0. The van der Waals surface area contributed by atoms with Crippen molar-refractivity contribution in [3.8, 4) is 0 Å². The number of benzene rings is 1. The zero-order valence-electron chi connectivity index (χ0n) is 12.8. The Morgan fingerprint density at radius 2 is 1.95 bits per heavy atom. The van der Waals surface area contributed by atoms with Gasteiger partial charge >= 0.3 is 0 Å². The maximum atomic E-state index is 14.0. The molecule has 0 saturated heterocycles. The third-order valence-corrected chi connectivity index (χ3v) is 4.66. The number of ether oxygens (including phenoxy) is 1. The van der Waals surface area contributed by atoms with Gasteiger partial charge in [-0.15, -0.1) is 0 Å². The smallest absolute Gasteiger partial charge is 0.128 e. The summed E-state index contributed by atoms with van der Waals surface area (Å²) in [5, 5.41) is 3.39. The van der Waals surface area contributed by atoms with Crippen molar-refractivity contribution in [1.82, 2.24) is 5.32 Å². The van der Waals surface area contributed by atoms with Gasteiger partial charge in [0.2, 0.25) is 0 Å². The number of rotatable bonds is 4. The van der Waals surface area contributed by atoms with Crippen LogP contribution in [0.4, 0.5) is 8.78 Å². The molecule has 3 atom stereocenters. The van der Waals surface area contributed by atoms with Crippen molar-refractivity contribution in [1.29, 1.82) is 0 Å². The molecule has 4 heteroatoms. The molecule has 2 nitrogen and oxygen atoms in total. The summed E-state index contributed by atoms with van der Waals surface area (Å²) in [6, 6.07) is 2.56. The van der Waals surface area contributed by atoms with Crippen LogP contribution in [0.25, 0.3) is 0 Å². The van der Waals surface area contributed by atoms with E-state index in [0.717, 1.165) is 6.42 Å². The molecule has 3 unspecified atom stereocenters. The van der Waals surface area contributed by atoms with Crippen LogP contribution in [-0.4, -0.2) is 19.3 Å². The lowest BCUT2D eigenvalue weighted by molar-refractivity contribution is -0.1000. The molecule has 0 radical (unpaired) electrons. The zero-order chi connectivity index (χ0) is 15.1. The summed E-state index contributed by atoms with van der Waals surface area (Å²) in [5.41, 5.74) is 0.717. The fraction of sp³-hybridized carbons (Fsp3) is 0.625. The van der Waals surface area contributed by atoms with Crippen LogP contribution in [0.5, 0.6) is 0 Å². The van der Waals surface area contributed by atoms with Gasteiger partial charge in [-0.05, 0) is 38.0 Å². The van der Waals surface area contributed by atoms with Crippen molar-refractivity contribution >= 4 is 0 Å². The normalized spacial score (nSPS) is 26.1. The highest BCUT2D eigenvalue weighted by atomic mass is 19.1. The van der Waals surface area contributed by atoms with Crippen LogP contribution in [0.2, 0.25) is 0 Å². The van der Waals surface area contributed by atoms with Gasteiger partial charge in [-0.2, -0.15) is 0 Å². The van der Waals surface area contributed by atoms with Gasteiger partial charge in [0, 0.05) is 30.2 Å². The van der Waals surface area contributed by atoms with Crippen LogP contribution in [0.3, 0.4) is 0 Å². The quantitative estimate of drug-likeness (QED) is 0.909. The second-order valence-electron chi connectivity index (χ2n) is 6.35. The average Bonchev–Trinajstić information content (AvgIpc) is 2.37. The summed E-state index contributed by atoms with van der Waals surface area (Å²) >= 11 is 0. The lowest BCUT2D eigenvalue weighted by Crippen LogP contribution is -2.61. The maximum absolute atomic E-state index is 14.0. The molecule has 0 bridgehead atoms. The molecule has 0 heterocycles. The van der Waals surface area contributed by atoms with E-state index in [1.807, 2.05) is 6.92 Å². The highest BCUT2D eigenvalue weighted by Crippen LogP contribution is 2.43. The number of hydrogen-bond acceptors (Lipinski definition) is 2. The lowest BCUT2D eigenvalue weighted by atomic mass is 9.64. The van der Waals surface area contributed by atoms with E-state index in [4.69, 9.17) is 4.74 Å². The second-order valence-corrected chi connectivity index (χ2v) is 6.35. The fourth-order valence-electron chi connectivity index (χ4n) is 2.95. The Labute approximate surface area is 119 Å². The highest BCUT2D eigenvalue weighted by Gasteiger charge is 2.48. The molecule has 1 saturated carbocycles. The van der Waals surface area contributed by atoms with E-state index in [1.54, 1.807) is 14.0 Å². The molecule has 2 rings (SSSR count). The maximum Gasteiger partial charge on any atom is 0.128 e. The largest absolute Gasteiger partial charge is 0.381 e. The van der Waals surface area contributed by atoms with Crippen molar-refractivity contribution in [3.63, 3.8) is 0 Å². The number of nitrogens with one attached hydrogen (secondary N) is 1. The number of halogens is 2. The Balaban J connectivity index is 2.10. The monoisotopic (exact) mass is 283 g/mol. The topological polar surface area (TPSA) is 21.3 Å². The average molecular weight is 283 g/mol. The van der Waals surface area contributed by atoms with Crippen molar-refractivity contribution in [2.75, 3.05) is 7.11 Å². The summed E-state index contributed by atoms with van der Waals surface area (Å²) in [6.07, 6.45) is 1.11. The second kappa shape index (κ2) is 5.41. The highest BCUT2D eigenvalue weighted by molar-refractivity contribution is 5.27. The molecule has 1 aromatic rings. The molecular formula is C16H23F2NO. The lowest BCUT2D eigenvalue weighted by Gasteiger charge is -2.52. The van der Waals surface area contributed by atoms with Gasteiger partial charge in [-0.3, -0.25) is 0 Å². The first-order valence-corrected chi connectivity index (χ1v) is 7.01. The molecule has 1 aromatic carbocycles. The van der Waals surface area contributed by atoms with Gasteiger partial charge in [0.05, 0.1) is 6.10 Å². The van der Waals surface area contributed by atoms with E-state index in [0.29, 0.717) is 11.1 Å². The molecule has 0 aromatic heterocycles. The molecule has 0 spiro atoms. The molecule has 112 valence electrons. The first-order chi connectivity index (χ1) is 9.27. The molecule has 1 aliphatic rings. The zero-order valence-corrected chi connectivity index (χ0v) is 12.8. The van der Waals surface area contributed by atoms with Crippen molar-refractivity contribution < 1.29 is 13.5 Å². The molecule has 1 N–H and O–H groups in total. The van der Waals surface area contributed by atoms with Gasteiger partial charge < -0.3 is 10.1 Å². The Hall–Kier alpha value is -1.00. The third-order valence-electron chi connectivity index (χ3n) is 4.66. The van der Waals surface area contributed by atoms with E-state index in [9.17, 15) is 8.78 Å². The van der Waals surface area contributed by atoms with Crippen LogP contribution in [0.1, 0.15) is 44.4 Å². The van der Waals surface area contributed by atoms with Crippen LogP contribution in [0.15, 0.2) is 12.1 Å². The molecule has 20 heavy (non-hydrogen) atoms. The summed E-state index contributed by atoms with van der Waals surface area (Å²) < 4.78 is 33.0. The Bertz CT molecular complexity index is 501. The van der Waals surface area contributed by atoms with Gasteiger partial charge in [0.1, 0.15) is 11.6 Å². The summed E-state index contributed by atoms with van der Waals surface area (Å²) in [6.45, 7) is 7.68. The predicted octanol–water partition coefficient (Wildman–Crippen LogP) is 3.74. The number of aryl methyl sites for hydroxylation is 1. The Morgan fingerprint density at radius 3 is 2.50 bits per heavy atom. The number of hydrogen-bond donors (Lipinski definition) is 1. The van der Waals surface area contributed by atoms with Crippen LogP contribution < -0.4 is 5.32 Å². The molecule has 0 amide bonds. The summed E-state index contributed by atoms with van der Waals surface area (Å²) in [5.74, 6) is -0.720. The molecular weight excluding hydrogens is 260 g/mol. The first kappa shape index (κ1) is 15.4. The first-order valence-electron chi connectivity index (χ1n) is 7.01. The minimum atomic E-state index is -0.363. The minimum absolute atomic E-state index is 0.00271. The molecule has 0 aliphatic heterocycles. The van der Waals surface area contributed by atoms with E-state index < -0.39 is 0 Å². The van der Waals surface area contributed by atoms with Crippen LogP contribution >= 0.6 is 0 Å². The molecule has 1 fully saturated rings. The Morgan fingerprint density at radius 1 is 1.30 bits per heavy atom. The van der Waals surface area contributed by atoms with Crippen molar-refractivity contribution in [2.45, 2.75) is 52.3 Å². The van der Waals surface area contributed by atoms with E-state index in [1.165, 1.54) is 12.1 Å². The minimum Gasteiger partial charge on any atom is -0.381 e. The van der Waals surface area contributed by atoms with E-state index in [-0.39, 0.29) is 35.2 Å². The third kappa shape index (κ3) is 2.59. The van der Waals surface area contributed by atoms with Crippen LogP contribution in [-0.2, 0) is 4.74 Å². The Kier molecular flexibility index (Phi) is 4.17. The summed E-state index contributed by atoms with van der Waals surface area (Å²) in [7, 11) is 1.71. The van der Waals surface area contributed by atoms with E-state index in [2.05, 4.69) is 19.2 Å². The predicted molar refractivity (Wildman–Crippen MR) is 75.6 cm³/mol. The van der Waals surface area contributed by atoms with E-state index >= 15 is 0 Å². The van der Waals surface area contributed by atoms with Crippen LogP contribution in [0, 0.1) is 24.0 Å². The van der Waals surface area contributed by atoms with Gasteiger partial charge in [0.15, 0.2) is 0 Å². The number of methoxy groups -OCH3 is 1. The van der Waals surface area contributed by atoms with Gasteiger partial charge in [-0.1, -0.05) is 13.8 Å². The van der Waals surface area contributed by atoms with Crippen molar-refractivity contribution in [2.24, 2.45) is 5.41 Å². The van der Waals surface area contributed by atoms with Gasteiger partial charge in [-0.25, -0.2) is 8.78 Å². The molecule has 1 aliphatic carbocycles. The SMILES string of the molecule is COC1CC(NC(C)c2cc(F)c(C)cc2F)C1(C)C. The van der Waals surface area contributed by atoms with Gasteiger partial charge in [0.25, 0.3) is 0 Å². The van der Waals surface area contributed by atoms with Crippen molar-refractivity contribution in [3.05, 3.63) is 34.9 Å². The fourth-order valence-corrected chi connectivity index (χ4v) is 2.95.